The lowest BCUT2D eigenvalue weighted by molar-refractivity contribution is -0.145. The van der Waals surface area contributed by atoms with E-state index in [1.54, 1.807) is 6.92 Å². The third-order valence-electron chi connectivity index (χ3n) is 2.70. The zero-order valence-electron chi connectivity index (χ0n) is 8.73. The van der Waals surface area contributed by atoms with Crippen LogP contribution in [0.15, 0.2) is 0 Å². The van der Waals surface area contributed by atoms with Crippen LogP contribution in [0.5, 0.6) is 0 Å². The fraction of sp³-hybridized carbons (Fsp3) is 0.889. The summed E-state index contributed by atoms with van der Waals surface area (Å²) in [6.45, 7) is 5.32. The van der Waals surface area contributed by atoms with E-state index < -0.39 is 21.1 Å². The highest BCUT2D eigenvalue weighted by atomic mass is 79.9. The number of alkyl halides is 4. The summed E-state index contributed by atoms with van der Waals surface area (Å²) >= 11 is 20.4. The van der Waals surface area contributed by atoms with Crippen LogP contribution >= 0.6 is 50.7 Å². The van der Waals surface area contributed by atoms with Crippen molar-refractivity contribution in [2.45, 2.75) is 35.8 Å². The van der Waals surface area contributed by atoms with E-state index in [1.165, 1.54) is 0 Å². The van der Waals surface area contributed by atoms with Crippen molar-refractivity contribution in [3.8, 4) is 0 Å². The van der Waals surface area contributed by atoms with Crippen LogP contribution < -0.4 is 0 Å². The van der Waals surface area contributed by atoms with Gasteiger partial charge in [-0.3, -0.25) is 4.79 Å². The number of hydrogen-bond acceptors (Lipinski definition) is 1. The van der Waals surface area contributed by atoms with Crippen molar-refractivity contribution in [2.75, 3.05) is 0 Å². The van der Waals surface area contributed by atoms with Gasteiger partial charge in [-0.05, 0) is 5.41 Å². The molecule has 6 heteroatoms. The Balaban J connectivity index is 4.65. The minimum atomic E-state index is -1.37. The van der Waals surface area contributed by atoms with Gasteiger partial charge < -0.3 is 5.11 Å². The van der Waals surface area contributed by atoms with Gasteiger partial charge in [-0.2, -0.15) is 0 Å². The molecule has 2 nitrogen and oxygen atoms in total. The molecule has 0 aliphatic heterocycles. The van der Waals surface area contributed by atoms with Gasteiger partial charge in [0.1, 0.15) is 0 Å². The molecule has 2 atom stereocenters. The Morgan fingerprint density at radius 3 is 2.07 bits per heavy atom. The maximum absolute atomic E-state index is 10.9. The summed E-state index contributed by atoms with van der Waals surface area (Å²) < 4.78 is -1.37. The molecule has 0 heterocycles. The van der Waals surface area contributed by atoms with Gasteiger partial charge in [-0.25, -0.2) is 0 Å². The molecule has 2 unspecified atom stereocenters. The Kier molecular flexibility index (Phi) is 5.73. The van der Waals surface area contributed by atoms with Gasteiger partial charge in [0.25, 0.3) is 0 Å². The number of carboxylic acids is 1. The zero-order valence-corrected chi connectivity index (χ0v) is 12.6. The molecule has 0 aromatic heterocycles. The number of rotatable bonds is 4. The Hall–Kier alpha value is 0.820. The molecule has 0 aromatic carbocycles. The molecule has 0 radical (unpaired) electrons. The van der Waals surface area contributed by atoms with Gasteiger partial charge >= 0.3 is 5.97 Å². The van der Waals surface area contributed by atoms with Crippen LogP contribution in [0.3, 0.4) is 0 Å². The normalized spacial score (nSPS) is 17.3. The van der Waals surface area contributed by atoms with Crippen molar-refractivity contribution in [1.29, 1.82) is 0 Å². The van der Waals surface area contributed by atoms with Crippen molar-refractivity contribution < 1.29 is 9.90 Å². The molecule has 1 N–H and O–H groups in total. The van der Waals surface area contributed by atoms with Crippen LogP contribution in [-0.2, 0) is 4.79 Å². The van der Waals surface area contributed by atoms with E-state index in [2.05, 4.69) is 15.9 Å². The average molecular weight is 340 g/mol. The maximum atomic E-state index is 10.9. The van der Waals surface area contributed by atoms with Gasteiger partial charge in [-0.15, -0.1) is 0 Å². The second-order valence-electron chi connectivity index (χ2n) is 4.17. The molecule has 0 rings (SSSR count). The minimum Gasteiger partial charge on any atom is -0.481 e. The fourth-order valence-electron chi connectivity index (χ4n) is 1.06. The van der Waals surface area contributed by atoms with Crippen molar-refractivity contribution in [2.24, 2.45) is 11.3 Å². The number of carbonyl (C=O) groups is 1. The number of carboxylic acid groups (broad SMARTS) is 1. The van der Waals surface area contributed by atoms with Crippen molar-refractivity contribution in [3.05, 3.63) is 0 Å². The molecule has 0 aromatic rings. The first-order valence-electron chi connectivity index (χ1n) is 4.42. The van der Waals surface area contributed by atoms with Gasteiger partial charge in [0.15, 0.2) is 3.79 Å². The predicted molar refractivity (Wildman–Crippen MR) is 68.2 cm³/mol. The highest BCUT2D eigenvalue weighted by molar-refractivity contribution is 9.09. The lowest BCUT2D eigenvalue weighted by Crippen LogP contribution is -2.37. The van der Waals surface area contributed by atoms with Crippen LogP contribution in [0.2, 0.25) is 0 Å². The van der Waals surface area contributed by atoms with Crippen LogP contribution in [0.1, 0.15) is 27.2 Å². The number of hydrogen-bond donors (Lipinski definition) is 1. The quantitative estimate of drug-likeness (QED) is 0.777. The summed E-state index contributed by atoms with van der Waals surface area (Å²) in [5, 5.41) is 8.95. The predicted octanol–water partition coefficient (Wildman–Crippen LogP) is 4.26. The number of halogens is 4. The minimum absolute atomic E-state index is 0.177. The van der Waals surface area contributed by atoms with Crippen molar-refractivity contribution >= 4 is 56.7 Å². The molecular formula is C9H14BrCl3O2. The highest BCUT2D eigenvalue weighted by Gasteiger charge is 2.40. The monoisotopic (exact) mass is 338 g/mol. The molecule has 90 valence electrons. The molecule has 0 bridgehead atoms. The SMILES string of the molecule is CC(C(=O)O)C(C)(C)C(Br)CC(Cl)(Cl)Cl. The largest absolute Gasteiger partial charge is 0.481 e. The van der Waals surface area contributed by atoms with E-state index in [-0.39, 0.29) is 11.2 Å². The van der Waals surface area contributed by atoms with Crippen molar-refractivity contribution in [3.63, 3.8) is 0 Å². The standard InChI is InChI=1S/C9H14BrCl3O2/c1-5(7(14)15)8(2,3)6(10)4-9(11,12)13/h5-6H,4H2,1-3H3,(H,14,15). The Morgan fingerprint density at radius 1 is 1.40 bits per heavy atom. The second-order valence-corrected chi connectivity index (χ2v) is 7.79. The summed E-state index contributed by atoms with van der Waals surface area (Å²) in [6.07, 6.45) is 0.266. The molecule has 0 aliphatic rings. The summed E-state index contributed by atoms with van der Waals surface area (Å²) in [6, 6.07) is 0. The Labute approximate surface area is 113 Å². The van der Waals surface area contributed by atoms with E-state index in [0.29, 0.717) is 0 Å². The van der Waals surface area contributed by atoms with Gasteiger partial charge in [0.05, 0.1) is 5.92 Å². The van der Waals surface area contributed by atoms with E-state index in [1.807, 2.05) is 13.8 Å². The molecular weight excluding hydrogens is 326 g/mol. The third kappa shape index (κ3) is 5.12. The Morgan fingerprint density at radius 2 is 1.80 bits per heavy atom. The van der Waals surface area contributed by atoms with E-state index in [4.69, 9.17) is 39.9 Å². The molecule has 0 saturated heterocycles. The van der Waals surface area contributed by atoms with Crippen LogP contribution in [-0.4, -0.2) is 19.7 Å². The summed E-state index contributed by atoms with van der Waals surface area (Å²) in [4.78, 5) is 10.7. The van der Waals surface area contributed by atoms with E-state index in [0.717, 1.165) is 0 Å². The van der Waals surface area contributed by atoms with Gasteiger partial charge in [-0.1, -0.05) is 71.5 Å². The summed E-state index contributed by atoms with van der Waals surface area (Å²) in [5.74, 6) is -1.37. The third-order valence-corrected chi connectivity index (χ3v) is 4.67. The van der Waals surface area contributed by atoms with E-state index >= 15 is 0 Å². The molecule has 0 amide bonds. The molecule has 0 spiro atoms. The molecule has 15 heavy (non-hydrogen) atoms. The first-order valence-corrected chi connectivity index (χ1v) is 6.47. The first kappa shape index (κ1) is 15.8. The first-order chi connectivity index (χ1) is 6.48. The fourth-order valence-corrected chi connectivity index (χ4v) is 2.96. The van der Waals surface area contributed by atoms with Gasteiger partial charge in [0, 0.05) is 11.2 Å². The smallest absolute Gasteiger partial charge is 0.306 e. The summed E-state index contributed by atoms with van der Waals surface area (Å²) in [5.41, 5.74) is -0.490. The zero-order chi connectivity index (χ0) is 12.4. The maximum Gasteiger partial charge on any atom is 0.306 e. The van der Waals surface area contributed by atoms with Crippen LogP contribution in [0.4, 0.5) is 0 Å². The topological polar surface area (TPSA) is 37.3 Å². The molecule has 0 fully saturated rings. The molecule has 0 aliphatic carbocycles. The van der Waals surface area contributed by atoms with Crippen molar-refractivity contribution in [1.82, 2.24) is 0 Å². The van der Waals surface area contributed by atoms with Crippen LogP contribution in [0.25, 0.3) is 0 Å². The van der Waals surface area contributed by atoms with Crippen LogP contribution in [0, 0.1) is 11.3 Å². The average Bonchev–Trinajstić information content (AvgIpc) is 1.99. The lowest BCUT2D eigenvalue weighted by atomic mass is 9.76. The Bertz CT molecular complexity index is 238. The number of aliphatic carboxylic acids is 1. The molecule has 0 saturated carbocycles. The summed E-state index contributed by atoms with van der Waals surface area (Å²) in [7, 11) is 0. The van der Waals surface area contributed by atoms with E-state index in [9.17, 15) is 4.79 Å². The van der Waals surface area contributed by atoms with Gasteiger partial charge in [0.2, 0.25) is 0 Å². The second kappa shape index (κ2) is 5.44. The lowest BCUT2D eigenvalue weighted by Gasteiger charge is -2.35. The highest BCUT2D eigenvalue weighted by Crippen LogP contribution is 2.43.